The summed E-state index contributed by atoms with van der Waals surface area (Å²) in [6, 6.07) is 9.58. The third kappa shape index (κ3) is 4.45. The number of hydrogen-bond acceptors (Lipinski definition) is 1. The Kier molecular flexibility index (Phi) is 5.40. The van der Waals surface area contributed by atoms with E-state index in [1.165, 1.54) is 17.5 Å². The SMILES string of the molecule is CCC(C)C(C)NCc1ccc(C(C)(C)C)cc1. The van der Waals surface area contributed by atoms with Crippen LogP contribution in [0.4, 0.5) is 0 Å². The summed E-state index contributed by atoms with van der Waals surface area (Å²) in [4.78, 5) is 0. The lowest BCUT2D eigenvalue weighted by atomic mass is 9.87. The van der Waals surface area contributed by atoms with Crippen molar-refractivity contribution in [1.29, 1.82) is 0 Å². The maximum absolute atomic E-state index is 3.61. The fraction of sp³-hybridized carbons (Fsp3) is 0.647. The van der Waals surface area contributed by atoms with E-state index in [2.05, 4.69) is 71.1 Å². The van der Waals surface area contributed by atoms with Gasteiger partial charge >= 0.3 is 0 Å². The molecular formula is C17H29N. The molecule has 102 valence electrons. The molecule has 0 aromatic heterocycles. The molecule has 1 nitrogen and oxygen atoms in total. The summed E-state index contributed by atoms with van der Waals surface area (Å²) in [5, 5.41) is 3.61. The van der Waals surface area contributed by atoms with Gasteiger partial charge in [-0.15, -0.1) is 0 Å². The van der Waals surface area contributed by atoms with Crippen LogP contribution >= 0.6 is 0 Å². The van der Waals surface area contributed by atoms with Crippen LogP contribution in [0.25, 0.3) is 0 Å². The quantitative estimate of drug-likeness (QED) is 0.807. The third-order valence-corrected chi connectivity index (χ3v) is 3.95. The molecule has 2 unspecified atom stereocenters. The summed E-state index contributed by atoms with van der Waals surface area (Å²) in [6.45, 7) is 14.6. The Labute approximate surface area is 113 Å². The standard InChI is InChI=1S/C17H29N/c1-7-13(2)14(3)18-12-15-8-10-16(11-9-15)17(4,5)6/h8-11,13-14,18H,7,12H2,1-6H3. The van der Waals surface area contributed by atoms with Crippen LogP contribution in [-0.4, -0.2) is 6.04 Å². The topological polar surface area (TPSA) is 12.0 Å². The summed E-state index contributed by atoms with van der Waals surface area (Å²) >= 11 is 0. The number of benzene rings is 1. The molecule has 0 radical (unpaired) electrons. The van der Waals surface area contributed by atoms with Crippen LogP contribution in [-0.2, 0) is 12.0 Å². The van der Waals surface area contributed by atoms with Crippen LogP contribution in [0.3, 0.4) is 0 Å². The van der Waals surface area contributed by atoms with Gasteiger partial charge in [-0.2, -0.15) is 0 Å². The zero-order valence-electron chi connectivity index (χ0n) is 12.9. The van der Waals surface area contributed by atoms with Crippen molar-refractivity contribution in [2.45, 2.75) is 66.0 Å². The Morgan fingerprint density at radius 1 is 1.06 bits per heavy atom. The van der Waals surface area contributed by atoms with Gasteiger partial charge in [-0.05, 0) is 29.4 Å². The molecule has 1 N–H and O–H groups in total. The van der Waals surface area contributed by atoms with E-state index in [4.69, 9.17) is 0 Å². The van der Waals surface area contributed by atoms with Crippen molar-refractivity contribution in [3.63, 3.8) is 0 Å². The van der Waals surface area contributed by atoms with E-state index in [1.807, 2.05) is 0 Å². The van der Waals surface area contributed by atoms with Gasteiger partial charge in [0.2, 0.25) is 0 Å². The van der Waals surface area contributed by atoms with Crippen LogP contribution in [0.1, 0.15) is 59.1 Å². The van der Waals surface area contributed by atoms with Gasteiger partial charge in [0, 0.05) is 12.6 Å². The summed E-state index contributed by atoms with van der Waals surface area (Å²) < 4.78 is 0. The van der Waals surface area contributed by atoms with E-state index in [1.54, 1.807) is 0 Å². The lowest BCUT2D eigenvalue weighted by molar-refractivity contribution is 0.389. The lowest BCUT2D eigenvalue weighted by Gasteiger charge is -2.21. The van der Waals surface area contributed by atoms with Crippen LogP contribution in [0.15, 0.2) is 24.3 Å². The van der Waals surface area contributed by atoms with E-state index < -0.39 is 0 Å². The first-order valence-electron chi connectivity index (χ1n) is 7.17. The highest BCUT2D eigenvalue weighted by Crippen LogP contribution is 2.22. The first-order valence-corrected chi connectivity index (χ1v) is 7.17. The molecule has 1 aromatic carbocycles. The minimum absolute atomic E-state index is 0.246. The Morgan fingerprint density at radius 2 is 1.61 bits per heavy atom. The Bertz CT molecular complexity index is 345. The van der Waals surface area contributed by atoms with Gasteiger partial charge in [-0.25, -0.2) is 0 Å². The van der Waals surface area contributed by atoms with Crippen LogP contribution < -0.4 is 5.32 Å². The van der Waals surface area contributed by atoms with E-state index in [0.717, 1.165) is 12.5 Å². The summed E-state index contributed by atoms with van der Waals surface area (Å²) in [7, 11) is 0. The van der Waals surface area contributed by atoms with E-state index in [0.29, 0.717) is 6.04 Å². The smallest absolute Gasteiger partial charge is 0.0208 e. The fourth-order valence-electron chi connectivity index (χ4n) is 1.96. The van der Waals surface area contributed by atoms with E-state index in [-0.39, 0.29) is 5.41 Å². The molecule has 0 aliphatic heterocycles. The normalized spacial score (nSPS) is 15.4. The number of rotatable bonds is 5. The van der Waals surface area contributed by atoms with E-state index in [9.17, 15) is 0 Å². The maximum atomic E-state index is 3.61. The molecule has 0 amide bonds. The molecule has 0 fully saturated rings. The molecule has 0 aliphatic rings. The Hall–Kier alpha value is -0.820. The Morgan fingerprint density at radius 3 is 2.06 bits per heavy atom. The van der Waals surface area contributed by atoms with Crippen LogP contribution in [0.2, 0.25) is 0 Å². The highest BCUT2D eigenvalue weighted by Gasteiger charge is 2.13. The summed E-state index contributed by atoms with van der Waals surface area (Å²) in [5.74, 6) is 0.735. The lowest BCUT2D eigenvalue weighted by Crippen LogP contribution is -2.31. The van der Waals surface area contributed by atoms with Crippen molar-refractivity contribution in [2.75, 3.05) is 0 Å². The molecule has 0 spiro atoms. The van der Waals surface area contributed by atoms with Crippen molar-refractivity contribution in [1.82, 2.24) is 5.32 Å². The largest absolute Gasteiger partial charge is 0.310 e. The highest BCUT2D eigenvalue weighted by atomic mass is 14.9. The zero-order chi connectivity index (χ0) is 13.8. The fourth-order valence-corrected chi connectivity index (χ4v) is 1.96. The Balaban J connectivity index is 2.54. The van der Waals surface area contributed by atoms with Gasteiger partial charge in [0.1, 0.15) is 0 Å². The molecule has 0 bridgehead atoms. The van der Waals surface area contributed by atoms with Crippen molar-refractivity contribution in [2.24, 2.45) is 5.92 Å². The maximum Gasteiger partial charge on any atom is 0.0208 e. The minimum atomic E-state index is 0.246. The van der Waals surface area contributed by atoms with Crippen molar-refractivity contribution in [3.8, 4) is 0 Å². The second-order valence-electron chi connectivity index (χ2n) is 6.50. The second-order valence-corrected chi connectivity index (χ2v) is 6.50. The van der Waals surface area contributed by atoms with Gasteiger partial charge in [0.05, 0.1) is 0 Å². The number of nitrogens with one attached hydrogen (secondary N) is 1. The molecule has 2 atom stereocenters. The predicted molar refractivity (Wildman–Crippen MR) is 80.9 cm³/mol. The first-order chi connectivity index (χ1) is 8.34. The van der Waals surface area contributed by atoms with Gasteiger partial charge in [-0.3, -0.25) is 0 Å². The average molecular weight is 247 g/mol. The second kappa shape index (κ2) is 6.38. The highest BCUT2D eigenvalue weighted by molar-refractivity contribution is 5.27. The third-order valence-electron chi connectivity index (χ3n) is 3.95. The van der Waals surface area contributed by atoms with Crippen molar-refractivity contribution in [3.05, 3.63) is 35.4 Å². The zero-order valence-corrected chi connectivity index (χ0v) is 12.9. The molecule has 0 heterocycles. The summed E-state index contributed by atoms with van der Waals surface area (Å²) in [6.07, 6.45) is 1.23. The van der Waals surface area contributed by atoms with Gasteiger partial charge < -0.3 is 5.32 Å². The van der Waals surface area contributed by atoms with Crippen molar-refractivity contribution < 1.29 is 0 Å². The molecule has 0 saturated heterocycles. The molecular weight excluding hydrogens is 218 g/mol. The van der Waals surface area contributed by atoms with Crippen molar-refractivity contribution >= 4 is 0 Å². The predicted octanol–water partition coefficient (Wildman–Crippen LogP) is 4.51. The molecule has 18 heavy (non-hydrogen) atoms. The molecule has 1 rings (SSSR count). The minimum Gasteiger partial charge on any atom is -0.310 e. The monoisotopic (exact) mass is 247 g/mol. The van der Waals surface area contributed by atoms with Crippen LogP contribution in [0, 0.1) is 5.92 Å². The first kappa shape index (κ1) is 15.2. The summed E-state index contributed by atoms with van der Waals surface area (Å²) in [5.41, 5.74) is 3.02. The average Bonchev–Trinajstić information content (AvgIpc) is 2.34. The van der Waals surface area contributed by atoms with Gasteiger partial charge in [0.15, 0.2) is 0 Å². The molecule has 1 heteroatoms. The number of hydrogen-bond donors (Lipinski definition) is 1. The molecule has 0 saturated carbocycles. The van der Waals surface area contributed by atoms with Gasteiger partial charge in [-0.1, -0.05) is 65.3 Å². The van der Waals surface area contributed by atoms with Gasteiger partial charge in [0.25, 0.3) is 0 Å². The van der Waals surface area contributed by atoms with E-state index >= 15 is 0 Å². The molecule has 1 aromatic rings. The molecule has 0 aliphatic carbocycles. The van der Waals surface area contributed by atoms with Crippen LogP contribution in [0.5, 0.6) is 0 Å².